The summed E-state index contributed by atoms with van der Waals surface area (Å²) in [7, 11) is 0. The van der Waals surface area contributed by atoms with Gasteiger partial charge in [0, 0.05) is 13.2 Å². The van der Waals surface area contributed by atoms with Gasteiger partial charge in [0.2, 0.25) is 0 Å². The first-order valence-electron chi connectivity index (χ1n) is 4.82. The second kappa shape index (κ2) is 6.22. The monoisotopic (exact) mass is 192 g/mol. The quantitative estimate of drug-likeness (QED) is 0.741. The molecule has 1 N–H and O–H groups in total. The fourth-order valence-corrected chi connectivity index (χ4v) is 1.12. The van der Waals surface area contributed by atoms with Crippen molar-refractivity contribution in [3.8, 4) is 5.75 Å². The molecule has 1 aromatic rings. The van der Waals surface area contributed by atoms with Crippen LogP contribution in [-0.4, -0.2) is 18.3 Å². The Hall–Kier alpha value is -1.28. The van der Waals surface area contributed by atoms with Crippen LogP contribution < -0.4 is 0 Å². The molecule has 1 aliphatic rings. The van der Waals surface area contributed by atoms with E-state index in [2.05, 4.69) is 6.58 Å². The molecule has 0 aliphatic carbocycles. The molecule has 0 amide bonds. The van der Waals surface area contributed by atoms with E-state index in [1.807, 2.05) is 12.1 Å². The molecule has 0 atom stereocenters. The zero-order valence-corrected chi connectivity index (χ0v) is 8.28. The van der Waals surface area contributed by atoms with Gasteiger partial charge in [-0.25, -0.2) is 0 Å². The summed E-state index contributed by atoms with van der Waals surface area (Å²) in [6.07, 6.45) is 4.29. The van der Waals surface area contributed by atoms with Crippen LogP contribution in [0.2, 0.25) is 0 Å². The van der Waals surface area contributed by atoms with Gasteiger partial charge in [0.05, 0.1) is 0 Å². The first kappa shape index (κ1) is 10.8. The molecular weight excluding hydrogens is 176 g/mol. The molecule has 2 heteroatoms. The van der Waals surface area contributed by atoms with Crippen molar-refractivity contribution in [2.75, 3.05) is 13.2 Å². The molecule has 1 aromatic carbocycles. The summed E-state index contributed by atoms with van der Waals surface area (Å²) in [6.45, 7) is 5.58. The van der Waals surface area contributed by atoms with E-state index in [0.717, 1.165) is 18.8 Å². The van der Waals surface area contributed by atoms with Crippen molar-refractivity contribution in [2.45, 2.75) is 12.8 Å². The number of phenols is 1. The highest BCUT2D eigenvalue weighted by Crippen LogP contribution is 2.09. The van der Waals surface area contributed by atoms with Crippen LogP contribution in [0.4, 0.5) is 0 Å². The minimum Gasteiger partial charge on any atom is -0.508 e. The lowest BCUT2D eigenvalue weighted by atomic mass is 10.2. The maximum Gasteiger partial charge on any atom is 0.115 e. The highest BCUT2D eigenvalue weighted by atomic mass is 16.5. The van der Waals surface area contributed by atoms with Crippen molar-refractivity contribution in [2.24, 2.45) is 0 Å². The second-order valence-corrected chi connectivity index (χ2v) is 3.12. The molecule has 0 bridgehead atoms. The molecule has 0 radical (unpaired) electrons. The van der Waals surface area contributed by atoms with Crippen molar-refractivity contribution < 1.29 is 9.84 Å². The molecule has 1 heterocycles. The number of phenolic OH excluding ortho intramolecular Hbond substituents is 1. The van der Waals surface area contributed by atoms with Crippen molar-refractivity contribution in [3.05, 3.63) is 36.4 Å². The Bertz CT molecular complexity index is 253. The highest BCUT2D eigenvalue weighted by Gasteiger charge is 1.94. The molecule has 2 rings (SSSR count). The summed E-state index contributed by atoms with van der Waals surface area (Å²) in [5.74, 6) is 0.292. The van der Waals surface area contributed by atoms with Crippen LogP contribution in [0, 0.1) is 0 Å². The van der Waals surface area contributed by atoms with Crippen molar-refractivity contribution in [1.29, 1.82) is 0 Å². The highest BCUT2D eigenvalue weighted by molar-refractivity contribution is 5.47. The van der Waals surface area contributed by atoms with Gasteiger partial charge in [0.1, 0.15) is 5.75 Å². The van der Waals surface area contributed by atoms with E-state index >= 15 is 0 Å². The van der Waals surface area contributed by atoms with E-state index < -0.39 is 0 Å². The van der Waals surface area contributed by atoms with E-state index in [1.54, 1.807) is 18.2 Å². The fourth-order valence-electron chi connectivity index (χ4n) is 1.12. The Kier molecular flexibility index (Phi) is 4.79. The van der Waals surface area contributed by atoms with Gasteiger partial charge in [-0.05, 0) is 30.5 Å². The zero-order chi connectivity index (χ0) is 10.2. The molecule has 0 spiro atoms. The number of aromatic hydroxyl groups is 1. The van der Waals surface area contributed by atoms with Gasteiger partial charge in [0.15, 0.2) is 0 Å². The van der Waals surface area contributed by atoms with E-state index in [9.17, 15) is 0 Å². The maximum atomic E-state index is 8.82. The minimum absolute atomic E-state index is 0.292. The molecule has 1 fully saturated rings. The Balaban J connectivity index is 0.000000165. The van der Waals surface area contributed by atoms with Gasteiger partial charge in [-0.15, -0.1) is 0 Å². The Morgan fingerprint density at radius 2 is 1.71 bits per heavy atom. The van der Waals surface area contributed by atoms with Crippen molar-refractivity contribution in [3.63, 3.8) is 0 Å². The summed E-state index contributed by atoms with van der Waals surface area (Å²) in [5, 5.41) is 8.82. The lowest BCUT2D eigenvalue weighted by molar-refractivity contribution is 0.198. The number of rotatable bonds is 1. The average Bonchev–Trinajstić information content (AvgIpc) is 2.77. The zero-order valence-electron chi connectivity index (χ0n) is 8.28. The Morgan fingerprint density at radius 3 is 2.07 bits per heavy atom. The third-order valence-corrected chi connectivity index (χ3v) is 1.96. The average molecular weight is 192 g/mol. The first-order valence-corrected chi connectivity index (χ1v) is 4.82. The lowest BCUT2D eigenvalue weighted by Gasteiger charge is -1.90. The van der Waals surface area contributed by atoms with Crippen LogP contribution in [0.25, 0.3) is 6.08 Å². The molecule has 1 saturated heterocycles. The van der Waals surface area contributed by atoms with Crippen LogP contribution in [-0.2, 0) is 4.74 Å². The molecule has 0 saturated carbocycles. The van der Waals surface area contributed by atoms with Crippen LogP contribution in [0.3, 0.4) is 0 Å². The summed E-state index contributed by atoms with van der Waals surface area (Å²) >= 11 is 0. The summed E-state index contributed by atoms with van der Waals surface area (Å²) in [5.41, 5.74) is 1.02. The summed E-state index contributed by atoms with van der Waals surface area (Å²) in [6, 6.07) is 6.89. The van der Waals surface area contributed by atoms with Crippen LogP contribution in [0.15, 0.2) is 30.8 Å². The third-order valence-electron chi connectivity index (χ3n) is 1.96. The van der Waals surface area contributed by atoms with Crippen LogP contribution >= 0.6 is 0 Å². The predicted molar refractivity (Wildman–Crippen MR) is 58.3 cm³/mol. The van der Waals surface area contributed by atoms with Gasteiger partial charge in [0.25, 0.3) is 0 Å². The van der Waals surface area contributed by atoms with E-state index in [0.29, 0.717) is 5.75 Å². The minimum atomic E-state index is 0.292. The van der Waals surface area contributed by atoms with Crippen LogP contribution in [0.1, 0.15) is 18.4 Å². The molecular formula is C12H16O2. The first-order chi connectivity index (χ1) is 6.83. The molecule has 1 aliphatic heterocycles. The Morgan fingerprint density at radius 1 is 1.14 bits per heavy atom. The van der Waals surface area contributed by atoms with Gasteiger partial charge >= 0.3 is 0 Å². The number of hydrogen-bond donors (Lipinski definition) is 1. The van der Waals surface area contributed by atoms with Gasteiger partial charge in [-0.3, -0.25) is 0 Å². The molecule has 2 nitrogen and oxygen atoms in total. The van der Waals surface area contributed by atoms with Gasteiger partial charge < -0.3 is 9.84 Å². The second-order valence-electron chi connectivity index (χ2n) is 3.12. The van der Waals surface area contributed by atoms with E-state index in [1.165, 1.54) is 12.8 Å². The summed E-state index contributed by atoms with van der Waals surface area (Å²) < 4.78 is 4.94. The smallest absolute Gasteiger partial charge is 0.115 e. The third kappa shape index (κ3) is 4.10. The largest absolute Gasteiger partial charge is 0.508 e. The normalized spacial score (nSPS) is 14.3. The predicted octanol–water partition coefficient (Wildman–Crippen LogP) is 2.83. The lowest BCUT2D eigenvalue weighted by Crippen LogP contribution is -1.74. The molecule has 14 heavy (non-hydrogen) atoms. The molecule has 76 valence electrons. The van der Waals surface area contributed by atoms with Gasteiger partial charge in [-0.2, -0.15) is 0 Å². The summed E-state index contributed by atoms with van der Waals surface area (Å²) in [4.78, 5) is 0. The SMILES string of the molecule is C1CCOC1.C=Cc1ccc(O)cc1. The fraction of sp³-hybridized carbons (Fsp3) is 0.333. The topological polar surface area (TPSA) is 29.5 Å². The van der Waals surface area contributed by atoms with Crippen molar-refractivity contribution >= 4 is 6.08 Å². The number of ether oxygens (including phenoxy) is 1. The number of hydrogen-bond acceptors (Lipinski definition) is 2. The molecule has 0 unspecified atom stereocenters. The molecule has 0 aromatic heterocycles. The Labute approximate surface area is 84.8 Å². The van der Waals surface area contributed by atoms with E-state index in [-0.39, 0.29) is 0 Å². The number of benzene rings is 1. The standard InChI is InChI=1S/C8H8O.C4H8O/c1-2-7-3-5-8(9)6-4-7;1-2-4-5-3-1/h2-6,9H,1H2;1-4H2. The maximum absolute atomic E-state index is 8.82. The van der Waals surface area contributed by atoms with Gasteiger partial charge in [-0.1, -0.05) is 24.8 Å². The van der Waals surface area contributed by atoms with Crippen LogP contribution in [0.5, 0.6) is 5.75 Å². The van der Waals surface area contributed by atoms with E-state index in [4.69, 9.17) is 9.84 Å². The van der Waals surface area contributed by atoms with Crippen molar-refractivity contribution in [1.82, 2.24) is 0 Å².